The van der Waals surface area contributed by atoms with Gasteiger partial charge in [0.05, 0.1) is 26.4 Å². The van der Waals surface area contributed by atoms with E-state index in [2.05, 4.69) is 48.5 Å². The highest BCUT2D eigenvalue weighted by Gasteiger charge is 2.30. The molecule has 7 atom stereocenters. The van der Waals surface area contributed by atoms with E-state index in [4.69, 9.17) is 37.0 Å². The molecule has 4 unspecified atom stereocenters. The molecule has 0 heterocycles. The van der Waals surface area contributed by atoms with E-state index in [0.717, 1.165) is 114 Å². The average molecular weight is 1280 g/mol. The molecule has 0 saturated carbocycles. The molecule has 0 aromatic rings. The summed E-state index contributed by atoms with van der Waals surface area (Å²) in [7, 11) is -9.90. The zero-order valence-corrected chi connectivity index (χ0v) is 58.3. The number of aliphatic hydroxyl groups is 1. The maximum Gasteiger partial charge on any atom is 0.472 e. The van der Waals surface area contributed by atoms with Crippen molar-refractivity contribution < 1.29 is 80.2 Å². The van der Waals surface area contributed by atoms with Crippen LogP contribution in [0.2, 0.25) is 0 Å². The summed E-state index contributed by atoms with van der Waals surface area (Å²) in [6, 6.07) is 0. The van der Waals surface area contributed by atoms with Gasteiger partial charge in [-0.05, 0) is 43.4 Å². The Bertz CT molecular complexity index is 1720. The molecular formula is C68H132O17P2. The molecule has 3 N–H and O–H groups in total. The topological polar surface area (TPSA) is 237 Å². The van der Waals surface area contributed by atoms with Gasteiger partial charge in [0.25, 0.3) is 0 Å². The van der Waals surface area contributed by atoms with Crippen LogP contribution in [0.5, 0.6) is 0 Å². The Balaban J connectivity index is 5.27. The van der Waals surface area contributed by atoms with Crippen LogP contribution in [0.3, 0.4) is 0 Å². The van der Waals surface area contributed by atoms with Crippen LogP contribution in [0, 0.1) is 17.8 Å². The smallest absolute Gasteiger partial charge is 0.462 e. The summed E-state index contributed by atoms with van der Waals surface area (Å²) in [5, 5.41) is 10.6. The van der Waals surface area contributed by atoms with Crippen LogP contribution >= 0.6 is 15.6 Å². The third kappa shape index (κ3) is 60.1. The molecule has 87 heavy (non-hydrogen) atoms. The van der Waals surface area contributed by atoms with Crippen LogP contribution in [-0.4, -0.2) is 96.7 Å². The van der Waals surface area contributed by atoms with Crippen molar-refractivity contribution >= 4 is 39.5 Å². The van der Waals surface area contributed by atoms with E-state index in [1.807, 2.05) is 0 Å². The van der Waals surface area contributed by atoms with Crippen LogP contribution in [0.25, 0.3) is 0 Å². The predicted molar refractivity (Wildman–Crippen MR) is 349 cm³/mol. The van der Waals surface area contributed by atoms with Crippen LogP contribution in [-0.2, 0) is 65.4 Å². The van der Waals surface area contributed by atoms with Gasteiger partial charge in [-0.2, -0.15) is 0 Å². The third-order valence-electron chi connectivity index (χ3n) is 16.4. The van der Waals surface area contributed by atoms with E-state index in [0.29, 0.717) is 25.7 Å². The first kappa shape index (κ1) is 85.1. The summed E-state index contributed by atoms with van der Waals surface area (Å²) in [5.74, 6) is 0.144. The van der Waals surface area contributed by atoms with Crippen molar-refractivity contribution in [1.29, 1.82) is 0 Å². The summed E-state index contributed by atoms with van der Waals surface area (Å²) in [6.07, 6.45) is 41.6. The van der Waals surface area contributed by atoms with Gasteiger partial charge in [-0.1, -0.05) is 286 Å². The van der Waals surface area contributed by atoms with Gasteiger partial charge in [-0.25, -0.2) is 9.13 Å². The maximum absolute atomic E-state index is 13.0. The maximum atomic E-state index is 13.0. The van der Waals surface area contributed by atoms with Gasteiger partial charge >= 0.3 is 39.5 Å². The molecule has 0 aliphatic carbocycles. The lowest BCUT2D eigenvalue weighted by atomic mass is 9.99. The van der Waals surface area contributed by atoms with Gasteiger partial charge in [0.15, 0.2) is 12.2 Å². The SMILES string of the molecule is CCCCCCCCCCCCCC(=O)O[C@H](COC(=O)CCCCCCCCC(C)CC)COP(=O)(O)OC[C@H](O)COP(=O)(O)OC[C@@H](COC(=O)CCCCCCCCCCC(C)CC)OC(=O)CCCCCCCCCCCCCC(C)C. The van der Waals surface area contributed by atoms with E-state index in [-0.39, 0.29) is 25.7 Å². The molecule has 0 bridgehead atoms. The zero-order valence-electron chi connectivity index (χ0n) is 56.5. The first-order chi connectivity index (χ1) is 41.8. The molecular weight excluding hydrogens is 1150 g/mol. The van der Waals surface area contributed by atoms with E-state index in [1.165, 1.54) is 141 Å². The number of aliphatic hydroxyl groups excluding tert-OH is 1. The fourth-order valence-corrected chi connectivity index (χ4v) is 11.7. The fourth-order valence-electron chi connectivity index (χ4n) is 10.1. The van der Waals surface area contributed by atoms with Crippen LogP contribution in [0.1, 0.15) is 337 Å². The van der Waals surface area contributed by atoms with E-state index in [1.54, 1.807) is 0 Å². The second kappa shape index (κ2) is 59.1. The van der Waals surface area contributed by atoms with Crippen molar-refractivity contribution in [2.75, 3.05) is 39.6 Å². The molecule has 0 radical (unpaired) electrons. The normalized spacial score (nSPS) is 14.9. The molecule has 0 aromatic carbocycles. The molecule has 0 aromatic heterocycles. The van der Waals surface area contributed by atoms with Gasteiger partial charge < -0.3 is 33.8 Å². The minimum atomic E-state index is -4.95. The molecule has 0 fully saturated rings. The predicted octanol–water partition coefficient (Wildman–Crippen LogP) is 19.1. The second-order valence-corrected chi connectivity index (χ2v) is 28.4. The highest BCUT2D eigenvalue weighted by molar-refractivity contribution is 7.47. The van der Waals surface area contributed by atoms with Crippen molar-refractivity contribution in [3.8, 4) is 0 Å². The Morgan fingerprint density at radius 1 is 0.333 bits per heavy atom. The van der Waals surface area contributed by atoms with Crippen LogP contribution < -0.4 is 0 Å². The number of carbonyl (C=O) groups excluding carboxylic acids is 4. The number of carbonyl (C=O) groups is 4. The lowest BCUT2D eigenvalue weighted by Gasteiger charge is -2.21. The number of phosphoric ester groups is 2. The number of unbranched alkanes of at least 4 members (excludes halogenated alkanes) is 32. The molecule has 0 aliphatic heterocycles. The molecule has 0 amide bonds. The Morgan fingerprint density at radius 3 is 0.874 bits per heavy atom. The van der Waals surface area contributed by atoms with Crippen LogP contribution in [0.15, 0.2) is 0 Å². The summed E-state index contributed by atoms with van der Waals surface area (Å²) in [6.45, 7) is 11.8. The highest BCUT2D eigenvalue weighted by atomic mass is 31.2. The van der Waals surface area contributed by atoms with E-state index in [9.17, 15) is 43.2 Å². The number of hydrogen-bond donors (Lipinski definition) is 3. The Hall–Kier alpha value is -1.94. The highest BCUT2D eigenvalue weighted by Crippen LogP contribution is 2.45. The van der Waals surface area contributed by atoms with E-state index < -0.39 is 97.5 Å². The lowest BCUT2D eigenvalue weighted by Crippen LogP contribution is -2.30. The van der Waals surface area contributed by atoms with Crippen molar-refractivity contribution in [3.63, 3.8) is 0 Å². The summed E-state index contributed by atoms with van der Waals surface area (Å²) in [4.78, 5) is 72.4. The molecule has 0 spiro atoms. The van der Waals surface area contributed by atoms with Gasteiger partial charge in [0.2, 0.25) is 0 Å². The summed E-state index contributed by atoms with van der Waals surface area (Å²) in [5.41, 5.74) is 0. The largest absolute Gasteiger partial charge is 0.472 e. The molecule has 0 saturated heterocycles. The van der Waals surface area contributed by atoms with Gasteiger partial charge in [-0.15, -0.1) is 0 Å². The minimum absolute atomic E-state index is 0.106. The summed E-state index contributed by atoms with van der Waals surface area (Å²) < 4.78 is 68.2. The zero-order chi connectivity index (χ0) is 64.5. The minimum Gasteiger partial charge on any atom is -0.462 e. The quantitative estimate of drug-likeness (QED) is 0.0222. The van der Waals surface area contributed by atoms with Gasteiger partial charge in [0, 0.05) is 25.7 Å². The standard InChI is InChI=1S/C68H132O17P2/c1-8-11-12-13-14-15-17-21-28-37-44-51-67(72)85-64(56-79-66(71)50-43-36-31-30-34-41-48-61(7)10-3)58-83-87(76,77)81-54-62(69)53-80-86(74,75)82-57-63(55-78-65(70)49-42-35-27-24-23-26-33-40-47-60(6)9-2)84-68(73)52-45-38-29-22-19-16-18-20-25-32-39-46-59(4)5/h59-64,69H,8-58H2,1-7H3,(H,74,75)(H,76,77)/t60?,61?,62-,63-,64-/m1/s1. The number of phosphoric acid groups is 2. The Kier molecular flexibility index (Phi) is 57.8. The van der Waals surface area contributed by atoms with Crippen molar-refractivity contribution in [2.24, 2.45) is 17.8 Å². The Morgan fingerprint density at radius 2 is 0.586 bits per heavy atom. The van der Waals surface area contributed by atoms with Gasteiger partial charge in [-0.3, -0.25) is 37.3 Å². The lowest BCUT2D eigenvalue weighted by molar-refractivity contribution is -0.161. The molecule has 0 rings (SSSR count). The van der Waals surface area contributed by atoms with Crippen molar-refractivity contribution in [2.45, 2.75) is 356 Å². The number of rotatable bonds is 66. The van der Waals surface area contributed by atoms with Crippen LogP contribution in [0.4, 0.5) is 0 Å². The first-order valence-corrected chi connectivity index (χ1v) is 38.4. The Labute approximate surface area is 530 Å². The van der Waals surface area contributed by atoms with Crippen molar-refractivity contribution in [3.05, 3.63) is 0 Å². The molecule has 17 nitrogen and oxygen atoms in total. The fraction of sp³-hybridized carbons (Fsp3) is 0.941. The van der Waals surface area contributed by atoms with E-state index >= 15 is 0 Å². The summed E-state index contributed by atoms with van der Waals surface area (Å²) >= 11 is 0. The number of ether oxygens (including phenoxy) is 4. The third-order valence-corrected chi connectivity index (χ3v) is 18.3. The second-order valence-electron chi connectivity index (χ2n) is 25.5. The number of esters is 4. The first-order valence-electron chi connectivity index (χ1n) is 35.4. The molecule has 0 aliphatic rings. The van der Waals surface area contributed by atoms with Crippen molar-refractivity contribution in [1.82, 2.24) is 0 Å². The average Bonchev–Trinajstić information content (AvgIpc) is 3.57. The van der Waals surface area contributed by atoms with Gasteiger partial charge in [0.1, 0.15) is 19.3 Å². The monoisotopic (exact) mass is 1280 g/mol. The molecule has 19 heteroatoms. The number of hydrogen-bond acceptors (Lipinski definition) is 15. The molecule has 516 valence electrons.